The van der Waals surface area contributed by atoms with E-state index in [1.165, 1.54) is 11.3 Å². The lowest BCUT2D eigenvalue weighted by molar-refractivity contribution is 0.145. The van der Waals surface area contributed by atoms with Crippen molar-refractivity contribution in [3.8, 4) is 0 Å². The molecule has 0 aliphatic carbocycles. The minimum absolute atomic E-state index is 0. The van der Waals surface area contributed by atoms with Crippen LogP contribution in [0.3, 0.4) is 0 Å². The average molecular weight is 503 g/mol. The van der Waals surface area contributed by atoms with Gasteiger partial charge in [-0.05, 0) is 50.9 Å². The van der Waals surface area contributed by atoms with Gasteiger partial charge in [-0.15, -0.1) is 24.0 Å². The van der Waals surface area contributed by atoms with Crippen LogP contribution in [-0.2, 0) is 4.74 Å². The van der Waals surface area contributed by atoms with Crippen LogP contribution in [0.4, 0.5) is 5.69 Å². The molecule has 0 bridgehead atoms. The molecular formula is C21H38IN5O. The number of nitrogens with zero attached hydrogens (tertiary/aromatic N) is 3. The molecule has 1 heterocycles. The molecule has 0 radical (unpaired) electrons. The van der Waals surface area contributed by atoms with Crippen LogP contribution < -0.4 is 15.5 Å². The van der Waals surface area contributed by atoms with Crippen molar-refractivity contribution in [1.29, 1.82) is 0 Å². The summed E-state index contributed by atoms with van der Waals surface area (Å²) in [6.45, 7) is 13.2. The molecule has 28 heavy (non-hydrogen) atoms. The molecule has 1 saturated heterocycles. The number of ether oxygens (including phenoxy) is 1. The van der Waals surface area contributed by atoms with E-state index in [0.29, 0.717) is 0 Å². The van der Waals surface area contributed by atoms with Crippen molar-refractivity contribution in [2.75, 3.05) is 71.0 Å². The number of hydrogen-bond donors (Lipinski definition) is 2. The Kier molecular flexibility index (Phi) is 13.3. The Morgan fingerprint density at radius 2 is 1.82 bits per heavy atom. The van der Waals surface area contributed by atoms with Gasteiger partial charge in [0.2, 0.25) is 0 Å². The molecule has 0 spiro atoms. The molecule has 6 nitrogen and oxygen atoms in total. The van der Waals surface area contributed by atoms with E-state index in [1.54, 1.807) is 0 Å². The SMILES string of the molecule is CCOCCCNC(=NC)NCCCN1CCN(c2cccc(C)c2)CC1.I. The highest BCUT2D eigenvalue weighted by atomic mass is 127. The summed E-state index contributed by atoms with van der Waals surface area (Å²) in [5.41, 5.74) is 2.69. The predicted octanol–water partition coefficient (Wildman–Crippen LogP) is 2.72. The highest BCUT2D eigenvalue weighted by molar-refractivity contribution is 14.0. The zero-order chi connectivity index (χ0) is 19.3. The minimum atomic E-state index is 0. The van der Waals surface area contributed by atoms with Crippen molar-refractivity contribution in [3.05, 3.63) is 29.8 Å². The predicted molar refractivity (Wildman–Crippen MR) is 130 cm³/mol. The molecule has 1 aliphatic heterocycles. The monoisotopic (exact) mass is 503 g/mol. The fourth-order valence-corrected chi connectivity index (χ4v) is 3.31. The fraction of sp³-hybridized carbons (Fsp3) is 0.667. The van der Waals surface area contributed by atoms with E-state index in [-0.39, 0.29) is 24.0 Å². The first-order chi connectivity index (χ1) is 13.2. The molecule has 0 aromatic heterocycles. The van der Waals surface area contributed by atoms with Gasteiger partial charge in [0.15, 0.2) is 5.96 Å². The van der Waals surface area contributed by atoms with Crippen molar-refractivity contribution in [2.24, 2.45) is 4.99 Å². The second-order valence-electron chi connectivity index (χ2n) is 7.00. The van der Waals surface area contributed by atoms with Gasteiger partial charge >= 0.3 is 0 Å². The van der Waals surface area contributed by atoms with Crippen molar-refractivity contribution < 1.29 is 4.74 Å². The maximum Gasteiger partial charge on any atom is 0.190 e. The van der Waals surface area contributed by atoms with Crippen LogP contribution in [0.2, 0.25) is 0 Å². The maximum absolute atomic E-state index is 5.35. The van der Waals surface area contributed by atoms with Gasteiger partial charge in [-0.1, -0.05) is 12.1 Å². The largest absolute Gasteiger partial charge is 0.382 e. The van der Waals surface area contributed by atoms with Crippen LogP contribution in [-0.4, -0.2) is 76.9 Å². The molecule has 2 N–H and O–H groups in total. The number of aryl methyl sites for hydroxylation is 1. The van der Waals surface area contributed by atoms with Crippen molar-refractivity contribution >= 4 is 35.6 Å². The minimum Gasteiger partial charge on any atom is -0.382 e. The molecular weight excluding hydrogens is 465 g/mol. The molecule has 1 aromatic rings. The van der Waals surface area contributed by atoms with Crippen LogP contribution in [0.25, 0.3) is 0 Å². The van der Waals surface area contributed by atoms with E-state index in [2.05, 4.69) is 56.6 Å². The van der Waals surface area contributed by atoms with Gasteiger partial charge in [0.1, 0.15) is 0 Å². The molecule has 1 fully saturated rings. The normalized spacial score (nSPS) is 15.2. The maximum atomic E-state index is 5.35. The van der Waals surface area contributed by atoms with E-state index in [1.807, 2.05) is 14.0 Å². The van der Waals surface area contributed by atoms with E-state index < -0.39 is 0 Å². The number of piperazine rings is 1. The number of guanidine groups is 1. The van der Waals surface area contributed by atoms with Crippen LogP contribution in [0.5, 0.6) is 0 Å². The first-order valence-electron chi connectivity index (χ1n) is 10.3. The third-order valence-electron chi connectivity index (χ3n) is 4.87. The number of halogens is 1. The van der Waals surface area contributed by atoms with Gasteiger partial charge < -0.3 is 20.3 Å². The summed E-state index contributed by atoms with van der Waals surface area (Å²) in [5, 5.41) is 6.74. The molecule has 0 amide bonds. The lowest BCUT2D eigenvalue weighted by atomic mass is 10.2. The fourth-order valence-electron chi connectivity index (χ4n) is 3.31. The second-order valence-corrected chi connectivity index (χ2v) is 7.00. The van der Waals surface area contributed by atoms with Gasteiger partial charge in [-0.25, -0.2) is 0 Å². The summed E-state index contributed by atoms with van der Waals surface area (Å²) >= 11 is 0. The average Bonchev–Trinajstić information content (AvgIpc) is 2.70. The third kappa shape index (κ3) is 9.43. The number of rotatable bonds is 10. The van der Waals surface area contributed by atoms with E-state index >= 15 is 0 Å². The summed E-state index contributed by atoms with van der Waals surface area (Å²) in [6.07, 6.45) is 2.13. The van der Waals surface area contributed by atoms with Crippen molar-refractivity contribution in [1.82, 2.24) is 15.5 Å². The molecule has 0 saturated carbocycles. The van der Waals surface area contributed by atoms with Gasteiger partial charge in [0, 0.05) is 65.2 Å². The number of benzene rings is 1. The third-order valence-corrected chi connectivity index (χ3v) is 4.87. The Labute approximate surface area is 188 Å². The lowest BCUT2D eigenvalue weighted by Gasteiger charge is -2.36. The van der Waals surface area contributed by atoms with Gasteiger partial charge in [-0.2, -0.15) is 0 Å². The summed E-state index contributed by atoms with van der Waals surface area (Å²) in [6, 6.07) is 8.82. The highest BCUT2D eigenvalue weighted by Gasteiger charge is 2.16. The van der Waals surface area contributed by atoms with Crippen LogP contribution in [0.1, 0.15) is 25.3 Å². The molecule has 0 atom stereocenters. The first-order valence-corrected chi connectivity index (χ1v) is 10.3. The van der Waals surface area contributed by atoms with Crippen molar-refractivity contribution in [2.45, 2.75) is 26.7 Å². The topological polar surface area (TPSA) is 52.1 Å². The van der Waals surface area contributed by atoms with E-state index in [9.17, 15) is 0 Å². The van der Waals surface area contributed by atoms with E-state index in [0.717, 1.165) is 77.8 Å². The lowest BCUT2D eigenvalue weighted by Crippen LogP contribution is -2.47. The highest BCUT2D eigenvalue weighted by Crippen LogP contribution is 2.17. The van der Waals surface area contributed by atoms with Crippen LogP contribution >= 0.6 is 24.0 Å². The zero-order valence-electron chi connectivity index (χ0n) is 17.7. The second kappa shape index (κ2) is 14.9. The Morgan fingerprint density at radius 3 is 2.46 bits per heavy atom. The van der Waals surface area contributed by atoms with Crippen LogP contribution in [0, 0.1) is 6.92 Å². The van der Waals surface area contributed by atoms with Crippen molar-refractivity contribution in [3.63, 3.8) is 0 Å². The number of hydrogen-bond acceptors (Lipinski definition) is 4. The number of aliphatic imine (C=N–C) groups is 1. The Hall–Kier alpha value is -1.06. The number of anilines is 1. The molecule has 160 valence electrons. The van der Waals surface area contributed by atoms with Gasteiger partial charge in [-0.3, -0.25) is 9.89 Å². The molecule has 0 unspecified atom stereocenters. The quantitative estimate of drug-likeness (QED) is 0.223. The Morgan fingerprint density at radius 1 is 1.11 bits per heavy atom. The Balaban J connectivity index is 0.00000392. The summed E-state index contributed by atoms with van der Waals surface area (Å²) in [5.74, 6) is 0.885. The zero-order valence-corrected chi connectivity index (χ0v) is 20.1. The molecule has 1 aromatic carbocycles. The summed E-state index contributed by atoms with van der Waals surface area (Å²) < 4.78 is 5.35. The van der Waals surface area contributed by atoms with Crippen LogP contribution in [0.15, 0.2) is 29.3 Å². The van der Waals surface area contributed by atoms with Gasteiger partial charge in [0.05, 0.1) is 0 Å². The molecule has 2 rings (SSSR count). The smallest absolute Gasteiger partial charge is 0.190 e. The standard InChI is InChI=1S/C21H37N5O.HI/c1-4-27-17-7-11-24-21(22-3)23-10-6-12-25-13-15-26(16-14-25)20-9-5-8-19(2)18-20;/h5,8-9,18H,4,6-7,10-17H2,1-3H3,(H2,22,23,24);1H. The molecule has 7 heteroatoms. The summed E-state index contributed by atoms with van der Waals surface area (Å²) in [7, 11) is 1.82. The first kappa shape index (κ1) is 25.0. The molecule has 1 aliphatic rings. The summed E-state index contributed by atoms with van der Waals surface area (Å²) in [4.78, 5) is 9.33. The number of nitrogens with one attached hydrogen (secondary N) is 2. The van der Waals surface area contributed by atoms with E-state index in [4.69, 9.17) is 4.74 Å². The van der Waals surface area contributed by atoms with Gasteiger partial charge in [0.25, 0.3) is 0 Å². The Bertz CT molecular complexity index is 561.